The van der Waals surface area contributed by atoms with E-state index in [0.29, 0.717) is 6.61 Å². The molecule has 1 aliphatic heterocycles. The highest BCUT2D eigenvalue weighted by Gasteiger charge is 2.17. The first-order chi connectivity index (χ1) is 6.92. The average molecular weight is 195 g/mol. The van der Waals surface area contributed by atoms with Crippen LogP contribution in [0.1, 0.15) is 17.2 Å². The third-order valence-corrected chi connectivity index (χ3v) is 2.47. The SMILES string of the molecule is FCc1ccccc1C1CNCCO1. The molecule has 2 nitrogen and oxygen atoms in total. The average Bonchev–Trinajstić information content (AvgIpc) is 2.30. The van der Waals surface area contributed by atoms with Gasteiger partial charge in [-0.3, -0.25) is 0 Å². The molecule has 3 heteroatoms. The van der Waals surface area contributed by atoms with Gasteiger partial charge < -0.3 is 10.1 Å². The zero-order valence-electron chi connectivity index (χ0n) is 8.00. The molecule has 0 radical (unpaired) electrons. The van der Waals surface area contributed by atoms with Crippen LogP contribution in [0.4, 0.5) is 4.39 Å². The van der Waals surface area contributed by atoms with Gasteiger partial charge in [0.05, 0.1) is 12.7 Å². The Bertz CT molecular complexity index is 297. The van der Waals surface area contributed by atoms with Gasteiger partial charge in [0.15, 0.2) is 0 Å². The predicted molar refractivity (Wildman–Crippen MR) is 52.8 cm³/mol. The van der Waals surface area contributed by atoms with Gasteiger partial charge in [0.2, 0.25) is 0 Å². The second-order valence-corrected chi connectivity index (χ2v) is 3.40. The summed E-state index contributed by atoms with van der Waals surface area (Å²) in [6, 6.07) is 7.53. The highest BCUT2D eigenvalue weighted by atomic mass is 19.1. The minimum Gasteiger partial charge on any atom is -0.371 e. The van der Waals surface area contributed by atoms with Crippen molar-refractivity contribution in [2.24, 2.45) is 0 Å². The number of alkyl halides is 1. The molecule has 1 atom stereocenters. The van der Waals surface area contributed by atoms with Crippen molar-refractivity contribution in [3.05, 3.63) is 35.4 Å². The van der Waals surface area contributed by atoms with Crippen LogP contribution < -0.4 is 5.32 Å². The molecule has 0 spiro atoms. The fraction of sp³-hybridized carbons (Fsp3) is 0.455. The summed E-state index contributed by atoms with van der Waals surface area (Å²) in [5.74, 6) is 0. The monoisotopic (exact) mass is 195 g/mol. The first-order valence-electron chi connectivity index (χ1n) is 4.88. The Kier molecular flexibility index (Phi) is 3.11. The van der Waals surface area contributed by atoms with Gasteiger partial charge in [-0.25, -0.2) is 4.39 Å². The van der Waals surface area contributed by atoms with Crippen LogP contribution in [-0.2, 0) is 11.4 Å². The smallest absolute Gasteiger partial charge is 0.115 e. The molecule has 1 aliphatic rings. The second kappa shape index (κ2) is 4.53. The quantitative estimate of drug-likeness (QED) is 0.777. The summed E-state index contributed by atoms with van der Waals surface area (Å²) in [6.07, 6.45) is 0.00991. The molecule has 0 saturated carbocycles. The molecular formula is C11H14FNO. The van der Waals surface area contributed by atoms with Gasteiger partial charge in [0.25, 0.3) is 0 Å². The zero-order chi connectivity index (χ0) is 9.80. The van der Waals surface area contributed by atoms with Gasteiger partial charge in [-0.1, -0.05) is 24.3 Å². The molecule has 1 saturated heterocycles. The van der Waals surface area contributed by atoms with Gasteiger partial charge in [-0.15, -0.1) is 0 Å². The van der Waals surface area contributed by atoms with Crippen LogP contribution >= 0.6 is 0 Å². The van der Waals surface area contributed by atoms with Crippen LogP contribution in [0, 0.1) is 0 Å². The largest absolute Gasteiger partial charge is 0.371 e. The fourth-order valence-corrected chi connectivity index (χ4v) is 1.74. The number of nitrogens with one attached hydrogen (secondary N) is 1. The highest BCUT2D eigenvalue weighted by molar-refractivity contribution is 5.29. The fourth-order valence-electron chi connectivity index (χ4n) is 1.74. The van der Waals surface area contributed by atoms with Crippen molar-refractivity contribution in [3.63, 3.8) is 0 Å². The van der Waals surface area contributed by atoms with Gasteiger partial charge in [0, 0.05) is 13.1 Å². The molecular weight excluding hydrogens is 181 g/mol. The minimum absolute atomic E-state index is 0.00991. The van der Waals surface area contributed by atoms with E-state index >= 15 is 0 Å². The maximum absolute atomic E-state index is 12.7. The molecule has 0 aromatic heterocycles. The normalized spacial score (nSPS) is 22.2. The number of ether oxygens (including phenoxy) is 1. The molecule has 2 rings (SSSR count). The van der Waals surface area contributed by atoms with E-state index in [9.17, 15) is 4.39 Å². The zero-order valence-corrected chi connectivity index (χ0v) is 8.00. The topological polar surface area (TPSA) is 21.3 Å². The van der Waals surface area contributed by atoms with Crippen LogP contribution in [-0.4, -0.2) is 19.7 Å². The standard InChI is InChI=1S/C11H14FNO/c12-7-9-3-1-2-4-10(9)11-8-13-5-6-14-11/h1-4,11,13H,5-8H2. The van der Waals surface area contributed by atoms with Crippen molar-refractivity contribution in [1.29, 1.82) is 0 Å². The molecule has 1 aromatic rings. The van der Waals surface area contributed by atoms with E-state index in [1.54, 1.807) is 0 Å². The number of benzene rings is 1. The third kappa shape index (κ3) is 1.94. The molecule has 0 aliphatic carbocycles. The highest BCUT2D eigenvalue weighted by Crippen LogP contribution is 2.22. The summed E-state index contributed by atoms with van der Waals surface area (Å²) in [5, 5.41) is 3.24. The van der Waals surface area contributed by atoms with Crippen LogP contribution in [0.25, 0.3) is 0 Å². The van der Waals surface area contributed by atoms with Crippen molar-refractivity contribution >= 4 is 0 Å². The van der Waals surface area contributed by atoms with Crippen molar-refractivity contribution in [2.45, 2.75) is 12.8 Å². The lowest BCUT2D eigenvalue weighted by atomic mass is 10.0. The second-order valence-electron chi connectivity index (χ2n) is 3.40. The first kappa shape index (κ1) is 9.62. The van der Waals surface area contributed by atoms with Crippen LogP contribution in [0.3, 0.4) is 0 Å². The number of morpholine rings is 1. The van der Waals surface area contributed by atoms with E-state index < -0.39 is 6.67 Å². The van der Waals surface area contributed by atoms with Crippen LogP contribution in [0.5, 0.6) is 0 Å². The number of halogens is 1. The predicted octanol–water partition coefficient (Wildman–Crippen LogP) is 1.82. The summed E-state index contributed by atoms with van der Waals surface area (Å²) >= 11 is 0. The van der Waals surface area contributed by atoms with E-state index in [4.69, 9.17) is 4.74 Å². The Morgan fingerprint density at radius 3 is 3.00 bits per heavy atom. The van der Waals surface area contributed by atoms with Gasteiger partial charge >= 0.3 is 0 Å². The maximum Gasteiger partial charge on any atom is 0.115 e. The molecule has 1 N–H and O–H groups in total. The van der Waals surface area contributed by atoms with E-state index in [2.05, 4.69) is 5.32 Å². The number of hydrogen-bond acceptors (Lipinski definition) is 2. The molecule has 1 aromatic carbocycles. The van der Waals surface area contributed by atoms with Gasteiger partial charge in [-0.05, 0) is 11.1 Å². The molecule has 0 bridgehead atoms. The Balaban J connectivity index is 2.20. The summed E-state index contributed by atoms with van der Waals surface area (Å²) in [4.78, 5) is 0. The molecule has 14 heavy (non-hydrogen) atoms. The van der Waals surface area contributed by atoms with Crippen molar-refractivity contribution in [2.75, 3.05) is 19.7 Å². The summed E-state index contributed by atoms with van der Waals surface area (Å²) in [7, 11) is 0. The van der Waals surface area contributed by atoms with E-state index in [-0.39, 0.29) is 6.10 Å². The summed E-state index contributed by atoms with van der Waals surface area (Å²) in [6.45, 7) is 1.94. The minimum atomic E-state index is -0.421. The Morgan fingerprint density at radius 1 is 1.43 bits per heavy atom. The van der Waals surface area contributed by atoms with E-state index in [0.717, 1.165) is 24.2 Å². The number of rotatable bonds is 2. The van der Waals surface area contributed by atoms with E-state index in [1.165, 1.54) is 0 Å². The van der Waals surface area contributed by atoms with Crippen molar-refractivity contribution < 1.29 is 9.13 Å². The van der Waals surface area contributed by atoms with Crippen molar-refractivity contribution in [1.82, 2.24) is 5.32 Å². The molecule has 1 fully saturated rings. The molecule has 1 heterocycles. The lowest BCUT2D eigenvalue weighted by Crippen LogP contribution is -2.33. The number of hydrogen-bond donors (Lipinski definition) is 1. The van der Waals surface area contributed by atoms with Crippen LogP contribution in [0.2, 0.25) is 0 Å². The Morgan fingerprint density at radius 2 is 2.29 bits per heavy atom. The Hall–Kier alpha value is -0.930. The lowest BCUT2D eigenvalue weighted by molar-refractivity contribution is 0.0269. The van der Waals surface area contributed by atoms with Gasteiger partial charge in [0.1, 0.15) is 6.67 Å². The summed E-state index contributed by atoms with van der Waals surface area (Å²) in [5.41, 5.74) is 1.71. The van der Waals surface area contributed by atoms with E-state index in [1.807, 2.05) is 24.3 Å². The third-order valence-electron chi connectivity index (χ3n) is 2.47. The van der Waals surface area contributed by atoms with Gasteiger partial charge in [-0.2, -0.15) is 0 Å². The van der Waals surface area contributed by atoms with Crippen LogP contribution in [0.15, 0.2) is 24.3 Å². The lowest BCUT2D eigenvalue weighted by Gasteiger charge is -2.25. The molecule has 0 amide bonds. The van der Waals surface area contributed by atoms with Crippen molar-refractivity contribution in [3.8, 4) is 0 Å². The summed E-state index contributed by atoms with van der Waals surface area (Å²) < 4.78 is 18.2. The molecule has 76 valence electrons. The maximum atomic E-state index is 12.7. The first-order valence-corrected chi connectivity index (χ1v) is 4.88. The molecule has 1 unspecified atom stereocenters. The Labute approximate surface area is 83.1 Å².